The van der Waals surface area contributed by atoms with Gasteiger partial charge in [-0.05, 0) is 32.1 Å². The van der Waals surface area contributed by atoms with Gasteiger partial charge in [-0.3, -0.25) is 4.79 Å². The second kappa shape index (κ2) is 37.0. The lowest BCUT2D eigenvalue weighted by atomic mass is 9.99. The highest BCUT2D eigenvalue weighted by Gasteiger charge is 2.44. The summed E-state index contributed by atoms with van der Waals surface area (Å²) in [5, 5.41) is 54.0. The van der Waals surface area contributed by atoms with E-state index in [1.165, 1.54) is 148 Å². The van der Waals surface area contributed by atoms with Crippen LogP contribution >= 0.6 is 0 Å². The summed E-state index contributed by atoms with van der Waals surface area (Å²) in [5.74, 6) is -0.186. The number of ether oxygens (including phenoxy) is 2. The fourth-order valence-corrected chi connectivity index (χ4v) is 7.29. The van der Waals surface area contributed by atoms with Crippen LogP contribution in [-0.4, -0.2) is 87.5 Å². The van der Waals surface area contributed by atoms with Crippen molar-refractivity contribution in [1.82, 2.24) is 5.32 Å². The van der Waals surface area contributed by atoms with Crippen molar-refractivity contribution in [3.63, 3.8) is 0 Å². The predicted molar refractivity (Wildman–Crippen MR) is 226 cm³/mol. The third kappa shape index (κ3) is 27.9. The van der Waals surface area contributed by atoms with E-state index >= 15 is 0 Å². The maximum absolute atomic E-state index is 12.9. The highest BCUT2D eigenvalue weighted by Crippen LogP contribution is 2.22. The Labute approximate surface area is 337 Å². The number of hydrogen-bond acceptors (Lipinski definition) is 8. The van der Waals surface area contributed by atoms with E-state index in [1.807, 2.05) is 6.08 Å². The minimum absolute atomic E-state index is 0.186. The number of aliphatic hydroxyl groups excluding tert-OH is 5. The minimum Gasteiger partial charge on any atom is -0.394 e. The lowest BCUT2D eigenvalue weighted by Gasteiger charge is -2.40. The van der Waals surface area contributed by atoms with Crippen LogP contribution in [-0.2, 0) is 14.3 Å². The van der Waals surface area contributed by atoms with Gasteiger partial charge in [-0.25, -0.2) is 0 Å². The minimum atomic E-state index is -1.57. The molecule has 0 spiro atoms. The van der Waals surface area contributed by atoms with Crippen molar-refractivity contribution in [2.24, 2.45) is 0 Å². The second-order valence-corrected chi connectivity index (χ2v) is 16.2. The molecule has 1 amide bonds. The van der Waals surface area contributed by atoms with Crippen LogP contribution in [0.3, 0.4) is 0 Å². The van der Waals surface area contributed by atoms with Crippen molar-refractivity contribution in [2.75, 3.05) is 13.2 Å². The van der Waals surface area contributed by atoms with Crippen LogP contribution in [0.1, 0.15) is 206 Å². The van der Waals surface area contributed by atoms with Crippen LogP contribution < -0.4 is 5.32 Å². The topological polar surface area (TPSA) is 149 Å². The molecule has 1 aliphatic heterocycles. The molecule has 0 aromatic rings. The van der Waals surface area contributed by atoms with E-state index in [4.69, 9.17) is 9.47 Å². The molecule has 7 atom stereocenters. The maximum atomic E-state index is 12.9. The smallest absolute Gasteiger partial charge is 0.220 e. The van der Waals surface area contributed by atoms with Crippen molar-refractivity contribution >= 4 is 5.91 Å². The molecular weight excluding hydrogens is 695 g/mol. The zero-order valence-electron chi connectivity index (χ0n) is 35.4. The van der Waals surface area contributed by atoms with E-state index in [0.717, 1.165) is 38.5 Å². The van der Waals surface area contributed by atoms with Crippen molar-refractivity contribution in [2.45, 2.75) is 249 Å². The number of carbonyl (C=O) groups is 1. The summed E-state index contributed by atoms with van der Waals surface area (Å²) in [5.41, 5.74) is 0. The lowest BCUT2D eigenvalue weighted by molar-refractivity contribution is -0.302. The summed E-state index contributed by atoms with van der Waals surface area (Å²) in [6.07, 6.45) is 36.6. The molecule has 324 valence electrons. The van der Waals surface area contributed by atoms with Crippen LogP contribution in [0.15, 0.2) is 24.3 Å². The lowest BCUT2D eigenvalue weighted by Crippen LogP contribution is -2.60. The molecule has 55 heavy (non-hydrogen) atoms. The van der Waals surface area contributed by atoms with Gasteiger partial charge in [0.25, 0.3) is 0 Å². The zero-order chi connectivity index (χ0) is 40.2. The fraction of sp³-hybridized carbons (Fsp3) is 0.891. The zero-order valence-corrected chi connectivity index (χ0v) is 35.4. The van der Waals surface area contributed by atoms with Gasteiger partial charge in [0.2, 0.25) is 5.91 Å². The molecule has 0 saturated carbocycles. The molecule has 9 heteroatoms. The number of aliphatic hydroxyl groups is 5. The summed E-state index contributed by atoms with van der Waals surface area (Å²) < 4.78 is 11.2. The van der Waals surface area contributed by atoms with E-state index in [-0.39, 0.29) is 12.5 Å². The first kappa shape index (κ1) is 51.7. The molecule has 7 unspecified atom stereocenters. The first-order valence-electron chi connectivity index (χ1n) is 23.1. The maximum Gasteiger partial charge on any atom is 0.220 e. The van der Waals surface area contributed by atoms with Gasteiger partial charge < -0.3 is 40.3 Å². The van der Waals surface area contributed by atoms with Gasteiger partial charge in [0, 0.05) is 6.42 Å². The molecule has 9 nitrogen and oxygen atoms in total. The number of unbranched alkanes of at least 4 members (excludes halogenated alkanes) is 26. The average molecular weight is 782 g/mol. The molecule has 1 saturated heterocycles. The monoisotopic (exact) mass is 782 g/mol. The fourth-order valence-electron chi connectivity index (χ4n) is 7.29. The normalized spacial score (nSPS) is 21.5. The van der Waals surface area contributed by atoms with Gasteiger partial charge in [0.1, 0.15) is 24.4 Å². The molecule has 0 bridgehead atoms. The molecule has 0 aliphatic carbocycles. The van der Waals surface area contributed by atoms with E-state index in [2.05, 4.69) is 31.3 Å². The predicted octanol–water partition coefficient (Wildman–Crippen LogP) is 9.50. The first-order chi connectivity index (χ1) is 26.8. The Bertz CT molecular complexity index is 914. The number of allylic oxidation sites excluding steroid dienone is 3. The van der Waals surface area contributed by atoms with E-state index in [1.54, 1.807) is 6.08 Å². The van der Waals surface area contributed by atoms with Crippen molar-refractivity contribution in [3.05, 3.63) is 24.3 Å². The summed E-state index contributed by atoms with van der Waals surface area (Å²) in [4.78, 5) is 12.9. The highest BCUT2D eigenvalue weighted by molar-refractivity contribution is 5.76. The third-order valence-electron chi connectivity index (χ3n) is 11.0. The summed E-state index contributed by atoms with van der Waals surface area (Å²) >= 11 is 0. The number of hydrogen-bond donors (Lipinski definition) is 6. The number of amides is 1. The quantitative estimate of drug-likeness (QED) is 0.0268. The third-order valence-corrected chi connectivity index (χ3v) is 11.0. The number of rotatable bonds is 38. The van der Waals surface area contributed by atoms with Crippen LogP contribution in [0.5, 0.6) is 0 Å². The average Bonchev–Trinajstić information content (AvgIpc) is 3.18. The van der Waals surface area contributed by atoms with E-state index in [9.17, 15) is 30.3 Å². The Hall–Kier alpha value is -1.33. The van der Waals surface area contributed by atoms with Gasteiger partial charge >= 0.3 is 0 Å². The number of nitrogens with one attached hydrogen (secondary N) is 1. The van der Waals surface area contributed by atoms with Crippen LogP contribution in [0, 0.1) is 0 Å². The van der Waals surface area contributed by atoms with Crippen molar-refractivity contribution in [3.8, 4) is 0 Å². The SMILES string of the molecule is CCCCCCC/C=C/CC/C=C/C(O)C(COC1OC(CO)C(O)C(O)C1O)NC(=O)CCCCCCCCCCCCCCCCCCCCCCC. The van der Waals surface area contributed by atoms with Gasteiger partial charge in [-0.15, -0.1) is 0 Å². The Morgan fingerprint density at radius 2 is 1.04 bits per heavy atom. The molecule has 6 N–H and O–H groups in total. The summed E-state index contributed by atoms with van der Waals surface area (Å²) in [6, 6.07) is -0.815. The molecule has 1 aliphatic rings. The summed E-state index contributed by atoms with van der Waals surface area (Å²) in [7, 11) is 0. The van der Waals surface area contributed by atoms with Crippen LogP contribution in [0.2, 0.25) is 0 Å². The van der Waals surface area contributed by atoms with E-state index < -0.39 is 49.5 Å². The first-order valence-corrected chi connectivity index (χ1v) is 23.1. The van der Waals surface area contributed by atoms with Crippen molar-refractivity contribution < 1.29 is 39.8 Å². The van der Waals surface area contributed by atoms with Crippen LogP contribution in [0.25, 0.3) is 0 Å². The molecule has 1 fully saturated rings. The van der Waals surface area contributed by atoms with Gasteiger partial charge in [0.05, 0.1) is 25.4 Å². The molecule has 0 aromatic carbocycles. The Balaban J connectivity index is 2.29. The van der Waals surface area contributed by atoms with Crippen LogP contribution in [0.4, 0.5) is 0 Å². The Kier molecular flexibility index (Phi) is 34.7. The van der Waals surface area contributed by atoms with Crippen molar-refractivity contribution in [1.29, 1.82) is 0 Å². The Morgan fingerprint density at radius 1 is 0.600 bits per heavy atom. The Morgan fingerprint density at radius 3 is 1.53 bits per heavy atom. The van der Waals surface area contributed by atoms with Gasteiger partial charge in [-0.2, -0.15) is 0 Å². The largest absolute Gasteiger partial charge is 0.394 e. The van der Waals surface area contributed by atoms with E-state index in [0.29, 0.717) is 6.42 Å². The summed E-state index contributed by atoms with van der Waals surface area (Å²) in [6.45, 7) is 3.74. The van der Waals surface area contributed by atoms with Gasteiger partial charge in [0.15, 0.2) is 6.29 Å². The highest BCUT2D eigenvalue weighted by atomic mass is 16.7. The second-order valence-electron chi connectivity index (χ2n) is 16.2. The molecular formula is C46H87NO8. The molecule has 1 heterocycles. The number of carbonyl (C=O) groups excluding carboxylic acids is 1. The standard InChI is InChI=1S/C46H87NO8/c1-3-5-7-9-11-13-15-16-17-18-19-20-21-22-23-24-26-28-30-32-34-36-42(50)47-39(38-54-46-45(53)44(52)43(51)41(37-48)55-46)40(49)35-33-31-29-27-25-14-12-10-8-6-4-2/h25,27,33,35,39-41,43-46,48-49,51-53H,3-24,26,28-32,34,36-38H2,1-2H3,(H,47,50)/b27-25+,35-33+. The molecule has 0 radical (unpaired) electrons. The van der Waals surface area contributed by atoms with Gasteiger partial charge in [-0.1, -0.05) is 192 Å². The molecule has 0 aromatic heterocycles. The molecule has 1 rings (SSSR count).